The quantitative estimate of drug-likeness (QED) is 0.517. The number of hydrogen-bond donors (Lipinski definition) is 1. The molecule has 0 aliphatic carbocycles. The van der Waals surface area contributed by atoms with Gasteiger partial charge in [-0.1, -0.05) is 36.0 Å². The van der Waals surface area contributed by atoms with Crippen molar-refractivity contribution in [3.05, 3.63) is 60.2 Å². The lowest BCUT2D eigenvalue weighted by molar-refractivity contribution is 0.0956. The molecule has 3 aromatic rings. The number of carbonyl (C=O) groups is 1. The van der Waals surface area contributed by atoms with Crippen molar-refractivity contribution in [1.82, 2.24) is 25.5 Å². The Kier molecular flexibility index (Phi) is 5.63. The van der Waals surface area contributed by atoms with Crippen molar-refractivity contribution in [2.45, 2.75) is 5.16 Å². The van der Waals surface area contributed by atoms with Gasteiger partial charge in [-0.05, 0) is 40.8 Å². The number of hydrogen-bond acceptors (Lipinski definition) is 6. The molecule has 0 saturated carbocycles. The summed E-state index contributed by atoms with van der Waals surface area (Å²) in [5, 5.41) is 15.3. The molecule has 7 nitrogen and oxygen atoms in total. The van der Waals surface area contributed by atoms with E-state index in [0.29, 0.717) is 28.8 Å². The summed E-state index contributed by atoms with van der Waals surface area (Å²) in [6.45, 7) is 0.502. The molecule has 3 rings (SSSR count). The summed E-state index contributed by atoms with van der Waals surface area (Å²) >= 11 is 1.48. The Morgan fingerprint density at radius 1 is 1.20 bits per heavy atom. The van der Waals surface area contributed by atoms with E-state index in [-0.39, 0.29) is 5.91 Å². The van der Waals surface area contributed by atoms with Gasteiger partial charge in [-0.3, -0.25) is 4.79 Å². The third-order valence-corrected chi connectivity index (χ3v) is 4.31. The maximum absolute atomic E-state index is 12.1. The summed E-state index contributed by atoms with van der Waals surface area (Å²) in [7, 11) is 1.57. The van der Waals surface area contributed by atoms with Gasteiger partial charge < -0.3 is 10.1 Å². The van der Waals surface area contributed by atoms with Crippen LogP contribution in [0.15, 0.2) is 59.8 Å². The molecule has 1 aromatic heterocycles. The van der Waals surface area contributed by atoms with Gasteiger partial charge in [0.1, 0.15) is 5.75 Å². The second kappa shape index (κ2) is 8.29. The molecule has 1 amide bonds. The van der Waals surface area contributed by atoms with Gasteiger partial charge in [0.2, 0.25) is 5.16 Å². The molecule has 0 aliphatic heterocycles. The van der Waals surface area contributed by atoms with Crippen LogP contribution in [0.25, 0.3) is 5.69 Å². The Bertz CT molecular complexity index is 838. The second-order valence-electron chi connectivity index (χ2n) is 5.05. The smallest absolute Gasteiger partial charge is 0.251 e. The molecule has 8 heteroatoms. The Morgan fingerprint density at radius 3 is 2.84 bits per heavy atom. The number of thioether (sulfide) groups is 1. The summed E-state index contributed by atoms with van der Waals surface area (Å²) in [4.78, 5) is 12.1. The normalized spacial score (nSPS) is 10.4. The van der Waals surface area contributed by atoms with Crippen LogP contribution in [0.3, 0.4) is 0 Å². The first kappa shape index (κ1) is 17.0. The van der Waals surface area contributed by atoms with Crippen LogP contribution in [-0.4, -0.2) is 45.5 Å². The van der Waals surface area contributed by atoms with Crippen LogP contribution >= 0.6 is 11.8 Å². The highest BCUT2D eigenvalue weighted by atomic mass is 32.2. The fourth-order valence-electron chi connectivity index (χ4n) is 2.17. The number of ether oxygens (including phenoxy) is 1. The zero-order valence-electron chi connectivity index (χ0n) is 13.6. The molecule has 1 heterocycles. The Balaban J connectivity index is 1.52. The van der Waals surface area contributed by atoms with Crippen molar-refractivity contribution in [2.24, 2.45) is 0 Å². The lowest BCUT2D eigenvalue weighted by atomic mass is 10.2. The molecule has 25 heavy (non-hydrogen) atoms. The van der Waals surface area contributed by atoms with E-state index in [1.807, 2.05) is 30.3 Å². The van der Waals surface area contributed by atoms with E-state index >= 15 is 0 Å². The molecule has 0 saturated heterocycles. The topological polar surface area (TPSA) is 81.9 Å². The number of benzene rings is 2. The Labute approximate surface area is 149 Å². The van der Waals surface area contributed by atoms with Crippen LogP contribution in [-0.2, 0) is 0 Å². The first-order valence-corrected chi connectivity index (χ1v) is 8.65. The molecule has 2 aromatic carbocycles. The Hall–Kier alpha value is -2.87. The predicted octanol–water partition coefficient (Wildman–Crippen LogP) is 2.19. The number of tetrazole rings is 1. The molecule has 0 fully saturated rings. The Morgan fingerprint density at radius 2 is 2.04 bits per heavy atom. The van der Waals surface area contributed by atoms with Crippen molar-refractivity contribution in [3.63, 3.8) is 0 Å². The van der Waals surface area contributed by atoms with E-state index in [9.17, 15) is 4.79 Å². The monoisotopic (exact) mass is 355 g/mol. The standard InChI is InChI=1S/C17H17N5O2S/c1-24-15-9-5-6-13(12-15)16(23)18-10-11-25-17-19-20-21-22(17)14-7-3-2-4-8-14/h2-9,12H,10-11H2,1H3,(H,18,23). The predicted molar refractivity (Wildman–Crippen MR) is 95.2 cm³/mol. The maximum atomic E-state index is 12.1. The van der Waals surface area contributed by atoms with Crippen molar-refractivity contribution in [3.8, 4) is 11.4 Å². The fourth-order valence-corrected chi connectivity index (χ4v) is 2.92. The molecule has 0 atom stereocenters. The van der Waals surface area contributed by atoms with Crippen LogP contribution in [0.1, 0.15) is 10.4 Å². The number of para-hydroxylation sites is 1. The molecule has 128 valence electrons. The number of methoxy groups -OCH3 is 1. The first-order chi connectivity index (χ1) is 12.3. The van der Waals surface area contributed by atoms with Gasteiger partial charge in [0.05, 0.1) is 12.8 Å². The van der Waals surface area contributed by atoms with E-state index in [2.05, 4.69) is 20.8 Å². The van der Waals surface area contributed by atoms with Crippen molar-refractivity contribution < 1.29 is 9.53 Å². The molecule has 0 radical (unpaired) electrons. The zero-order valence-corrected chi connectivity index (χ0v) is 14.4. The van der Waals surface area contributed by atoms with Crippen LogP contribution < -0.4 is 10.1 Å². The van der Waals surface area contributed by atoms with E-state index < -0.39 is 0 Å². The molecular formula is C17H17N5O2S. The van der Waals surface area contributed by atoms with Crippen LogP contribution in [0, 0.1) is 0 Å². The number of rotatable bonds is 7. The summed E-state index contributed by atoms with van der Waals surface area (Å²) in [6.07, 6.45) is 0. The number of aromatic nitrogens is 4. The van der Waals surface area contributed by atoms with E-state index in [4.69, 9.17) is 4.74 Å². The lowest BCUT2D eigenvalue weighted by Crippen LogP contribution is -2.25. The maximum Gasteiger partial charge on any atom is 0.251 e. The SMILES string of the molecule is COc1cccc(C(=O)NCCSc2nnnn2-c2ccccc2)c1. The van der Waals surface area contributed by atoms with Crippen LogP contribution in [0.4, 0.5) is 0 Å². The van der Waals surface area contributed by atoms with Gasteiger partial charge in [0.25, 0.3) is 5.91 Å². The zero-order chi connectivity index (χ0) is 17.5. The summed E-state index contributed by atoms with van der Waals surface area (Å²) < 4.78 is 6.80. The molecule has 0 spiro atoms. The highest BCUT2D eigenvalue weighted by Gasteiger charge is 2.09. The summed E-state index contributed by atoms with van der Waals surface area (Å²) in [5.74, 6) is 1.18. The van der Waals surface area contributed by atoms with Crippen LogP contribution in [0.5, 0.6) is 5.75 Å². The third-order valence-electron chi connectivity index (χ3n) is 3.39. The summed E-state index contributed by atoms with van der Waals surface area (Å²) in [6, 6.07) is 16.7. The highest BCUT2D eigenvalue weighted by molar-refractivity contribution is 7.99. The minimum absolute atomic E-state index is 0.137. The van der Waals surface area contributed by atoms with Gasteiger partial charge in [0, 0.05) is 17.9 Å². The van der Waals surface area contributed by atoms with Gasteiger partial charge in [-0.2, -0.15) is 4.68 Å². The molecule has 1 N–H and O–H groups in total. The first-order valence-electron chi connectivity index (χ1n) is 7.67. The van der Waals surface area contributed by atoms with Crippen molar-refractivity contribution >= 4 is 17.7 Å². The number of amides is 1. The van der Waals surface area contributed by atoms with E-state index in [0.717, 1.165) is 5.69 Å². The fraction of sp³-hybridized carbons (Fsp3) is 0.176. The minimum atomic E-state index is -0.137. The molecule has 0 unspecified atom stereocenters. The third kappa shape index (κ3) is 4.36. The van der Waals surface area contributed by atoms with E-state index in [1.165, 1.54) is 11.8 Å². The molecule has 0 aliphatic rings. The number of nitrogens with one attached hydrogen (secondary N) is 1. The van der Waals surface area contributed by atoms with Crippen LogP contribution in [0.2, 0.25) is 0 Å². The molecular weight excluding hydrogens is 338 g/mol. The second-order valence-corrected chi connectivity index (χ2v) is 6.11. The van der Waals surface area contributed by atoms with Gasteiger partial charge in [0.15, 0.2) is 0 Å². The number of nitrogens with zero attached hydrogens (tertiary/aromatic N) is 4. The minimum Gasteiger partial charge on any atom is -0.497 e. The average Bonchev–Trinajstić information content (AvgIpc) is 3.14. The molecule has 0 bridgehead atoms. The highest BCUT2D eigenvalue weighted by Crippen LogP contribution is 2.17. The van der Waals surface area contributed by atoms with Gasteiger partial charge in [-0.15, -0.1) is 5.10 Å². The lowest BCUT2D eigenvalue weighted by Gasteiger charge is -2.07. The average molecular weight is 355 g/mol. The van der Waals surface area contributed by atoms with Crippen molar-refractivity contribution in [1.29, 1.82) is 0 Å². The van der Waals surface area contributed by atoms with Gasteiger partial charge >= 0.3 is 0 Å². The van der Waals surface area contributed by atoms with Gasteiger partial charge in [-0.25, -0.2) is 0 Å². The van der Waals surface area contributed by atoms with E-state index in [1.54, 1.807) is 36.1 Å². The number of carbonyl (C=O) groups excluding carboxylic acids is 1. The summed E-state index contributed by atoms with van der Waals surface area (Å²) in [5.41, 5.74) is 1.47. The van der Waals surface area contributed by atoms with Crippen molar-refractivity contribution in [2.75, 3.05) is 19.4 Å². The largest absolute Gasteiger partial charge is 0.497 e.